The zero-order chi connectivity index (χ0) is 14.4. The molecule has 0 aliphatic rings. The van der Waals surface area contributed by atoms with Gasteiger partial charge in [-0.05, 0) is 35.4 Å². The Kier molecular flexibility index (Phi) is 5.13. The zero-order valence-electron chi connectivity index (χ0n) is 12.5. The summed E-state index contributed by atoms with van der Waals surface area (Å²) < 4.78 is 0. The van der Waals surface area contributed by atoms with Crippen LogP contribution < -0.4 is 10.2 Å². The third-order valence-corrected chi connectivity index (χ3v) is 3.26. The Morgan fingerprint density at radius 2 is 1.65 bits per heavy atom. The first kappa shape index (κ1) is 14.5. The van der Waals surface area contributed by atoms with Crippen LogP contribution in [-0.4, -0.2) is 18.1 Å². The van der Waals surface area contributed by atoms with Crippen molar-refractivity contribution in [3.05, 3.63) is 59.9 Å². The van der Waals surface area contributed by atoms with Crippen molar-refractivity contribution in [1.29, 1.82) is 0 Å². The Hall–Kier alpha value is -1.87. The highest BCUT2D eigenvalue weighted by Crippen LogP contribution is 2.16. The van der Waals surface area contributed by atoms with Crippen LogP contribution in [-0.2, 0) is 13.1 Å². The SMILES string of the molecule is CC(C)NCc1ccc(N(C)Cc2ccncc2)cc1. The number of pyridine rings is 1. The van der Waals surface area contributed by atoms with Crippen molar-refractivity contribution in [3.63, 3.8) is 0 Å². The molecule has 1 heterocycles. The monoisotopic (exact) mass is 269 g/mol. The van der Waals surface area contributed by atoms with Gasteiger partial charge in [0.05, 0.1) is 0 Å². The first-order valence-electron chi connectivity index (χ1n) is 7.07. The highest BCUT2D eigenvalue weighted by molar-refractivity contribution is 5.47. The van der Waals surface area contributed by atoms with E-state index in [1.54, 1.807) is 0 Å². The van der Waals surface area contributed by atoms with Gasteiger partial charge in [0, 0.05) is 44.3 Å². The maximum Gasteiger partial charge on any atom is 0.0427 e. The molecular formula is C17H23N3. The van der Waals surface area contributed by atoms with E-state index in [-0.39, 0.29) is 0 Å². The summed E-state index contributed by atoms with van der Waals surface area (Å²) in [6, 6.07) is 13.4. The number of nitrogens with zero attached hydrogens (tertiary/aromatic N) is 2. The van der Waals surface area contributed by atoms with Crippen LogP contribution in [0.1, 0.15) is 25.0 Å². The third kappa shape index (κ3) is 4.35. The van der Waals surface area contributed by atoms with E-state index in [0.29, 0.717) is 6.04 Å². The van der Waals surface area contributed by atoms with Gasteiger partial charge in [0.1, 0.15) is 0 Å². The van der Waals surface area contributed by atoms with Gasteiger partial charge in [-0.1, -0.05) is 26.0 Å². The molecule has 0 saturated heterocycles. The highest BCUT2D eigenvalue weighted by Gasteiger charge is 2.02. The van der Waals surface area contributed by atoms with Gasteiger partial charge >= 0.3 is 0 Å². The maximum atomic E-state index is 4.05. The Morgan fingerprint density at radius 3 is 2.25 bits per heavy atom. The van der Waals surface area contributed by atoms with Crippen molar-refractivity contribution in [2.45, 2.75) is 33.0 Å². The maximum absolute atomic E-state index is 4.05. The Morgan fingerprint density at radius 1 is 1.00 bits per heavy atom. The average Bonchev–Trinajstić information content (AvgIpc) is 2.46. The van der Waals surface area contributed by atoms with Crippen LogP contribution in [0.2, 0.25) is 0 Å². The average molecular weight is 269 g/mol. The predicted octanol–water partition coefficient (Wildman–Crippen LogP) is 3.22. The molecule has 0 amide bonds. The van der Waals surface area contributed by atoms with Gasteiger partial charge in [-0.25, -0.2) is 0 Å². The molecule has 20 heavy (non-hydrogen) atoms. The summed E-state index contributed by atoms with van der Waals surface area (Å²) in [5.74, 6) is 0. The van der Waals surface area contributed by atoms with Crippen LogP contribution in [0.5, 0.6) is 0 Å². The first-order chi connectivity index (χ1) is 9.65. The summed E-state index contributed by atoms with van der Waals surface area (Å²) in [5.41, 5.74) is 3.82. The summed E-state index contributed by atoms with van der Waals surface area (Å²) in [4.78, 5) is 6.29. The largest absolute Gasteiger partial charge is 0.370 e. The summed E-state index contributed by atoms with van der Waals surface area (Å²) >= 11 is 0. The van der Waals surface area contributed by atoms with Gasteiger partial charge < -0.3 is 10.2 Å². The molecule has 0 saturated carbocycles. The minimum atomic E-state index is 0.518. The number of rotatable bonds is 6. The molecule has 0 fully saturated rings. The molecular weight excluding hydrogens is 246 g/mol. The lowest BCUT2D eigenvalue weighted by Gasteiger charge is -2.20. The molecule has 1 N–H and O–H groups in total. The van der Waals surface area contributed by atoms with Crippen LogP contribution in [0.25, 0.3) is 0 Å². The molecule has 0 unspecified atom stereocenters. The summed E-state index contributed by atoms with van der Waals surface area (Å²) in [6.45, 7) is 6.14. The van der Waals surface area contributed by atoms with Gasteiger partial charge in [0.15, 0.2) is 0 Å². The number of anilines is 1. The minimum absolute atomic E-state index is 0.518. The lowest BCUT2D eigenvalue weighted by atomic mass is 10.1. The summed E-state index contributed by atoms with van der Waals surface area (Å²) in [6.07, 6.45) is 3.67. The number of hydrogen-bond donors (Lipinski definition) is 1. The Bertz CT molecular complexity index is 506. The second-order valence-electron chi connectivity index (χ2n) is 5.41. The lowest BCUT2D eigenvalue weighted by molar-refractivity contribution is 0.589. The molecule has 3 heteroatoms. The molecule has 0 aliphatic heterocycles. The van der Waals surface area contributed by atoms with E-state index in [4.69, 9.17) is 0 Å². The number of aromatic nitrogens is 1. The quantitative estimate of drug-likeness (QED) is 0.872. The fourth-order valence-corrected chi connectivity index (χ4v) is 2.04. The van der Waals surface area contributed by atoms with Gasteiger partial charge in [-0.2, -0.15) is 0 Å². The number of benzene rings is 1. The molecule has 1 aromatic carbocycles. The van der Waals surface area contributed by atoms with E-state index in [9.17, 15) is 0 Å². The summed E-state index contributed by atoms with van der Waals surface area (Å²) in [7, 11) is 2.11. The molecule has 106 valence electrons. The van der Waals surface area contributed by atoms with Crippen molar-refractivity contribution in [2.75, 3.05) is 11.9 Å². The van der Waals surface area contributed by atoms with Gasteiger partial charge in [0.2, 0.25) is 0 Å². The third-order valence-electron chi connectivity index (χ3n) is 3.26. The smallest absolute Gasteiger partial charge is 0.0427 e. The molecule has 2 rings (SSSR count). The van der Waals surface area contributed by atoms with Crippen LogP contribution >= 0.6 is 0 Å². The number of hydrogen-bond acceptors (Lipinski definition) is 3. The van der Waals surface area contributed by atoms with Crippen LogP contribution in [0, 0.1) is 0 Å². The normalized spacial score (nSPS) is 10.8. The summed E-state index contributed by atoms with van der Waals surface area (Å²) in [5, 5.41) is 3.43. The van der Waals surface area contributed by atoms with Crippen molar-refractivity contribution in [1.82, 2.24) is 10.3 Å². The highest BCUT2D eigenvalue weighted by atomic mass is 15.1. The van der Waals surface area contributed by atoms with E-state index in [0.717, 1.165) is 13.1 Å². The van der Waals surface area contributed by atoms with E-state index in [1.165, 1.54) is 16.8 Å². The molecule has 0 aliphatic carbocycles. The standard InChI is InChI=1S/C17H23N3/c1-14(2)19-12-15-4-6-17(7-5-15)20(3)13-16-8-10-18-11-9-16/h4-11,14,19H,12-13H2,1-3H3. The predicted molar refractivity (Wildman–Crippen MR) is 84.8 cm³/mol. The van der Waals surface area contributed by atoms with Crippen LogP contribution in [0.4, 0.5) is 5.69 Å². The van der Waals surface area contributed by atoms with E-state index in [1.807, 2.05) is 12.4 Å². The van der Waals surface area contributed by atoms with E-state index in [2.05, 4.69) is 72.5 Å². The Labute approximate surface area is 121 Å². The molecule has 1 aromatic heterocycles. The molecule has 0 radical (unpaired) electrons. The fraction of sp³-hybridized carbons (Fsp3) is 0.353. The van der Waals surface area contributed by atoms with Crippen LogP contribution in [0.3, 0.4) is 0 Å². The van der Waals surface area contributed by atoms with Gasteiger partial charge in [0.25, 0.3) is 0 Å². The molecule has 0 spiro atoms. The second kappa shape index (κ2) is 7.06. The first-order valence-corrected chi connectivity index (χ1v) is 7.07. The van der Waals surface area contributed by atoms with Crippen LogP contribution in [0.15, 0.2) is 48.8 Å². The van der Waals surface area contributed by atoms with E-state index >= 15 is 0 Å². The van der Waals surface area contributed by atoms with Gasteiger partial charge in [-0.3, -0.25) is 4.98 Å². The Balaban J connectivity index is 1.95. The zero-order valence-corrected chi connectivity index (χ0v) is 12.5. The second-order valence-corrected chi connectivity index (χ2v) is 5.41. The van der Waals surface area contributed by atoms with Crippen molar-refractivity contribution < 1.29 is 0 Å². The van der Waals surface area contributed by atoms with Gasteiger partial charge in [-0.15, -0.1) is 0 Å². The molecule has 0 atom stereocenters. The minimum Gasteiger partial charge on any atom is -0.370 e. The molecule has 0 bridgehead atoms. The fourth-order valence-electron chi connectivity index (χ4n) is 2.04. The van der Waals surface area contributed by atoms with Crippen molar-refractivity contribution >= 4 is 5.69 Å². The van der Waals surface area contributed by atoms with E-state index < -0.39 is 0 Å². The van der Waals surface area contributed by atoms with Crippen molar-refractivity contribution in [3.8, 4) is 0 Å². The lowest BCUT2D eigenvalue weighted by Crippen LogP contribution is -2.22. The molecule has 3 nitrogen and oxygen atoms in total. The topological polar surface area (TPSA) is 28.2 Å². The molecule has 2 aromatic rings. The number of nitrogens with one attached hydrogen (secondary N) is 1. The van der Waals surface area contributed by atoms with Crippen molar-refractivity contribution in [2.24, 2.45) is 0 Å².